The molecule has 6 nitrogen and oxygen atoms in total. The average Bonchev–Trinajstić information content (AvgIpc) is 2.72. The number of sulfonamides is 1. The van der Waals surface area contributed by atoms with Gasteiger partial charge >= 0.3 is 0 Å². The molecule has 0 bridgehead atoms. The van der Waals surface area contributed by atoms with Crippen molar-refractivity contribution in [1.82, 2.24) is 4.98 Å². The smallest absolute Gasteiger partial charge is 0.238 e. The van der Waals surface area contributed by atoms with Crippen LogP contribution in [0.15, 0.2) is 55.2 Å². The molecule has 0 spiro atoms. The Kier molecular flexibility index (Phi) is 8.02. The van der Waals surface area contributed by atoms with Crippen molar-refractivity contribution >= 4 is 21.5 Å². The van der Waals surface area contributed by atoms with E-state index in [-0.39, 0.29) is 6.54 Å². The highest BCUT2D eigenvalue weighted by atomic mass is 32.2. The summed E-state index contributed by atoms with van der Waals surface area (Å²) >= 11 is 0. The highest BCUT2D eigenvalue weighted by molar-refractivity contribution is 7.93. The van der Waals surface area contributed by atoms with E-state index in [4.69, 9.17) is 9.47 Å². The normalized spacial score (nSPS) is 12.4. The number of aromatic nitrogens is 1. The van der Waals surface area contributed by atoms with Crippen LogP contribution in [0.3, 0.4) is 0 Å². The van der Waals surface area contributed by atoms with E-state index in [0.717, 1.165) is 5.56 Å². The maximum Gasteiger partial charge on any atom is 0.238 e. The molecule has 1 heterocycles. The summed E-state index contributed by atoms with van der Waals surface area (Å²) in [5.41, 5.74) is 2.01. The number of para-hydroxylation sites is 1. The summed E-state index contributed by atoms with van der Waals surface area (Å²) < 4.78 is 38.5. The SMILES string of the molecule is C=C(OC)c1ccc(CN(c2ccccc2)S(=O)(=O)C(CC)CCOC)nc1. The maximum atomic E-state index is 13.4. The number of benzene rings is 1. The lowest BCUT2D eigenvalue weighted by Gasteiger charge is -2.28. The lowest BCUT2D eigenvalue weighted by Crippen LogP contribution is -2.39. The van der Waals surface area contributed by atoms with Gasteiger partial charge in [-0.25, -0.2) is 8.42 Å². The summed E-state index contributed by atoms with van der Waals surface area (Å²) in [4.78, 5) is 4.40. The van der Waals surface area contributed by atoms with Crippen LogP contribution in [-0.4, -0.2) is 39.5 Å². The van der Waals surface area contributed by atoms with Gasteiger partial charge in [0.05, 0.1) is 30.3 Å². The summed E-state index contributed by atoms with van der Waals surface area (Å²) in [7, 11) is -0.473. The molecule has 0 N–H and O–H groups in total. The lowest BCUT2D eigenvalue weighted by molar-refractivity contribution is 0.193. The fourth-order valence-corrected chi connectivity index (χ4v) is 4.77. The molecule has 1 aromatic heterocycles. The van der Waals surface area contributed by atoms with E-state index >= 15 is 0 Å². The summed E-state index contributed by atoms with van der Waals surface area (Å²) in [6.45, 7) is 6.23. The number of methoxy groups -OCH3 is 2. The third-order valence-electron chi connectivity index (χ3n) is 4.57. The highest BCUT2D eigenvalue weighted by Gasteiger charge is 2.31. The Labute approximate surface area is 167 Å². The van der Waals surface area contributed by atoms with Gasteiger partial charge in [0.15, 0.2) is 0 Å². The molecule has 0 aliphatic rings. The van der Waals surface area contributed by atoms with Crippen LogP contribution >= 0.6 is 0 Å². The van der Waals surface area contributed by atoms with E-state index < -0.39 is 15.3 Å². The van der Waals surface area contributed by atoms with Gasteiger partial charge in [-0.15, -0.1) is 0 Å². The van der Waals surface area contributed by atoms with E-state index in [9.17, 15) is 8.42 Å². The third-order valence-corrected chi connectivity index (χ3v) is 6.94. The quantitative estimate of drug-likeness (QED) is 0.532. The molecule has 1 unspecified atom stereocenters. The number of nitrogens with zero attached hydrogens (tertiary/aromatic N) is 2. The number of ether oxygens (including phenoxy) is 2. The highest BCUT2D eigenvalue weighted by Crippen LogP contribution is 2.26. The first-order chi connectivity index (χ1) is 13.4. The predicted molar refractivity (Wildman–Crippen MR) is 112 cm³/mol. The van der Waals surface area contributed by atoms with Crippen LogP contribution in [-0.2, 0) is 26.0 Å². The summed E-state index contributed by atoms with van der Waals surface area (Å²) in [5.74, 6) is 0.511. The number of hydrogen-bond donors (Lipinski definition) is 0. The van der Waals surface area contributed by atoms with E-state index in [1.54, 1.807) is 38.6 Å². The minimum atomic E-state index is -3.60. The first kappa shape index (κ1) is 21.9. The van der Waals surface area contributed by atoms with E-state index in [2.05, 4.69) is 11.6 Å². The Morgan fingerprint density at radius 2 is 1.89 bits per heavy atom. The molecular formula is C21H28N2O4S. The van der Waals surface area contributed by atoms with Crippen LogP contribution in [0, 0.1) is 0 Å². The minimum Gasteiger partial charge on any atom is -0.497 e. The standard InChI is InChI=1S/C21H28N2O4S/c1-5-21(13-14-26-3)28(24,25)23(20-9-7-6-8-10-20)16-19-12-11-18(15-22-19)17(2)27-4/h6-12,15,21H,2,5,13-14,16H2,1,3-4H3. The molecule has 0 radical (unpaired) electrons. The Bertz CT molecular complexity index is 852. The van der Waals surface area contributed by atoms with Crippen LogP contribution in [0.5, 0.6) is 0 Å². The van der Waals surface area contributed by atoms with Gasteiger partial charge in [-0.3, -0.25) is 9.29 Å². The zero-order valence-electron chi connectivity index (χ0n) is 16.7. The van der Waals surface area contributed by atoms with Gasteiger partial charge < -0.3 is 9.47 Å². The first-order valence-corrected chi connectivity index (χ1v) is 10.7. The van der Waals surface area contributed by atoms with Crippen molar-refractivity contribution < 1.29 is 17.9 Å². The average molecular weight is 405 g/mol. The molecular weight excluding hydrogens is 376 g/mol. The second-order valence-corrected chi connectivity index (χ2v) is 8.50. The van der Waals surface area contributed by atoms with Crippen LogP contribution < -0.4 is 4.31 Å². The van der Waals surface area contributed by atoms with Crippen molar-refractivity contribution in [2.75, 3.05) is 25.1 Å². The number of anilines is 1. The fourth-order valence-electron chi connectivity index (χ4n) is 2.86. The molecule has 152 valence electrons. The van der Waals surface area contributed by atoms with Gasteiger partial charge in [-0.2, -0.15) is 0 Å². The van der Waals surface area contributed by atoms with E-state index in [1.165, 1.54) is 4.31 Å². The van der Waals surface area contributed by atoms with Crippen LogP contribution in [0.1, 0.15) is 31.0 Å². The Balaban J connectivity index is 2.36. The van der Waals surface area contributed by atoms with Crippen LogP contribution in [0.25, 0.3) is 5.76 Å². The molecule has 0 saturated heterocycles. The lowest BCUT2D eigenvalue weighted by atomic mass is 10.2. The third kappa shape index (κ3) is 5.33. The molecule has 0 saturated carbocycles. The molecule has 28 heavy (non-hydrogen) atoms. The molecule has 1 aromatic carbocycles. The Morgan fingerprint density at radius 3 is 2.43 bits per heavy atom. The van der Waals surface area contributed by atoms with Gasteiger partial charge in [0.2, 0.25) is 10.0 Å². The molecule has 0 amide bonds. The van der Waals surface area contributed by atoms with Gasteiger partial charge in [0, 0.05) is 25.5 Å². The molecule has 0 fully saturated rings. The first-order valence-electron chi connectivity index (χ1n) is 9.17. The van der Waals surface area contributed by atoms with Gasteiger partial charge in [-0.05, 0) is 37.1 Å². The summed E-state index contributed by atoms with van der Waals surface area (Å²) in [6, 6.07) is 12.7. The fraction of sp³-hybridized carbons (Fsp3) is 0.381. The van der Waals surface area contributed by atoms with Gasteiger partial charge in [0.1, 0.15) is 5.76 Å². The summed E-state index contributed by atoms with van der Waals surface area (Å²) in [6.07, 6.45) is 2.59. The Hall–Kier alpha value is -2.38. The minimum absolute atomic E-state index is 0.148. The number of pyridine rings is 1. The maximum absolute atomic E-state index is 13.4. The number of hydrogen-bond acceptors (Lipinski definition) is 5. The predicted octanol–water partition coefficient (Wildman–Crippen LogP) is 3.85. The van der Waals surface area contributed by atoms with Gasteiger partial charge in [0.25, 0.3) is 0 Å². The van der Waals surface area contributed by atoms with Gasteiger partial charge in [-0.1, -0.05) is 31.7 Å². The van der Waals surface area contributed by atoms with Crippen molar-refractivity contribution in [3.8, 4) is 0 Å². The zero-order valence-corrected chi connectivity index (χ0v) is 17.5. The van der Waals surface area contributed by atoms with Crippen LogP contribution in [0.2, 0.25) is 0 Å². The largest absolute Gasteiger partial charge is 0.497 e. The topological polar surface area (TPSA) is 68.7 Å². The van der Waals surface area contributed by atoms with Crippen molar-refractivity contribution in [1.29, 1.82) is 0 Å². The van der Waals surface area contributed by atoms with Crippen molar-refractivity contribution in [2.45, 2.75) is 31.6 Å². The van der Waals surface area contributed by atoms with E-state index in [0.29, 0.717) is 36.6 Å². The Morgan fingerprint density at radius 1 is 1.18 bits per heavy atom. The van der Waals surface area contributed by atoms with Crippen molar-refractivity contribution in [3.05, 3.63) is 66.5 Å². The molecule has 2 rings (SSSR count). The number of rotatable bonds is 11. The monoisotopic (exact) mass is 404 g/mol. The molecule has 7 heteroatoms. The van der Waals surface area contributed by atoms with E-state index in [1.807, 2.05) is 31.2 Å². The summed E-state index contributed by atoms with van der Waals surface area (Å²) in [5, 5.41) is -0.528. The zero-order chi connectivity index (χ0) is 20.6. The molecule has 0 aliphatic heterocycles. The molecule has 1 atom stereocenters. The van der Waals surface area contributed by atoms with Crippen LogP contribution in [0.4, 0.5) is 5.69 Å². The second kappa shape index (κ2) is 10.2. The van der Waals surface area contributed by atoms with Crippen molar-refractivity contribution in [2.24, 2.45) is 0 Å². The molecule has 0 aliphatic carbocycles. The molecule has 2 aromatic rings. The second-order valence-electron chi connectivity index (χ2n) is 6.36. The van der Waals surface area contributed by atoms with Crippen molar-refractivity contribution in [3.63, 3.8) is 0 Å².